The van der Waals surface area contributed by atoms with E-state index in [0.29, 0.717) is 0 Å². The summed E-state index contributed by atoms with van der Waals surface area (Å²) in [5.41, 5.74) is 5.52. The number of aryl methyl sites for hydroxylation is 2. The van der Waals surface area contributed by atoms with Gasteiger partial charge in [0, 0.05) is 5.56 Å². The Labute approximate surface area is 83.7 Å². The van der Waals surface area contributed by atoms with Crippen molar-refractivity contribution in [3.8, 4) is 11.1 Å². The molecule has 0 atom stereocenters. The summed E-state index contributed by atoms with van der Waals surface area (Å²) in [7, 11) is 0. The van der Waals surface area contributed by atoms with E-state index in [2.05, 4.69) is 12.1 Å². The molecule has 2 rings (SSSR count). The Balaban J connectivity index is 2.83. The maximum Gasteiger partial charge on any atom is 0.150 e. The van der Waals surface area contributed by atoms with Crippen LogP contribution in [-0.4, -0.2) is 6.29 Å². The van der Waals surface area contributed by atoms with Gasteiger partial charge in [-0.3, -0.25) is 4.79 Å². The fraction of sp³-hybridized carbons (Fsp3) is 0.154. The lowest BCUT2D eigenvalue weighted by molar-refractivity contribution is 0.112. The van der Waals surface area contributed by atoms with E-state index >= 15 is 0 Å². The minimum atomic E-state index is 0.746. The average molecular weight is 184 g/mol. The third kappa shape index (κ3) is 1.31. The maximum atomic E-state index is 10.8. The minimum Gasteiger partial charge on any atom is -0.298 e. The van der Waals surface area contributed by atoms with E-state index in [-0.39, 0.29) is 0 Å². The number of carbonyl (C=O) groups excluding carboxylic acids is 1. The molecule has 1 nitrogen and oxygen atoms in total. The molecule has 0 bridgehead atoms. The Morgan fingerprint density at radius 1 is 1.00 bits per heavy atom. The second-order valence-corrected chi connectivity index (χ2v) is 3.63. The van der Waals surface area contributed by atoms with Gasteiger partial charge in [-0.2, -0.15) is 0 Å². The fourth-order valence-electron chi connectivity index (χ4n) is 1.87. The zero-order chi connectivity index (χ0) is 10.1. The summed E-state index contributed by atoms with van der Waals surface area (Å²) in [6.45, 7) is 4.07. The summed E-state index contributed by atoms with van der Waals surface area (Å²) < 4.78 is 0. The molecular formula is C13H12O. The van der Waals surface area contributed by atoms with Gasteiger partial charge in [0.05, 0.1) is 0 Å². The van der Waals surface area contributed by atoms with Gasteiger partial charge in [0.25, 0.3) is 0 Å². The van der Waals surface area contributed by atoms with Crippen LogP contribution in [-0.2, 0) is 0 Å². The normalized spacial score (nSPS) is 10.4. The first-order valence-corrected chi connectivity index (χ1v) is 4.67. The predicted molar refractivity (Wildman–Crippen MR) is 57.9 cm³/mol. The minimum absolute atomic E-state index is 0.746. The van der Waals surface area contributed by atoms with E-state index in [1.807, 2.05) is 32.0 Å². The van der Waals surface area contributed by atoms with Gasteiger partial charge >= 0.3 is 0 Å². The van der Waals surface area contributed by atoms with Crippen molar-refractivity contribution in [3.63, 3.8) is 0 Å². The second-order valence-electron chi connectivity index (χ2n) is 3.63. The molecule has 0 fully saturated rings. The molecule has 70 valence electrons. The highest BCUT2D eigenvalue weighted by Crippen LogP contribution is 2.29. The summed E-state index contributed by atoms with van der Waals surface area (Å²) in [4.78, 5) is 10.8. The van der Waals surface area contributed by atoms with Gasteiger partial charge in [-0.05, 0) is 48.2 Å². The molecule has 0 amide bonds. The van der Waals surface area contributed by atoms with Gasteiger partial charge in [0.2, 0.25) is 0 Å². The lowest BCUT2D eigenvalue weighted by Crippen LogP contribution is -1.75. The highest BCUT2D eigenvalue weighted by Gasteiger charge is 2.07. The zero-order valence-corrected chi connectivity index (χ0v) is 8.37. The summed E-state index contributed by atoms with van der Waals surface area (Å²) >= 11 is 0. The maximum absolute atomic E-state index is 10.8. The van der Waals surface area contributed by atoms with Gasteiger partial charge in [0.1, 0.15) is 6.29 Å². The summed E-state index contributed by atoms with van der Waals surface area (Å²) in [5.74, 6) is 0. The Morgan fingerprint density at radius 3 is 1.93 bits per heavy atom. The third-order valence-corrected chi connectivity index (χ3v) is 2.57. The van der Waals surface area contributed by atoms with E-state index in [0.717, 1.165) is 23.0 Å². The number of aldehydes is 1. The monoisotopic (exact) mass is 184 g/mol. The van der Waals surface area contributed by atoms with E-state index in [1.165, 1.54) is 11.1 Å². The molecule has 0 heterocycles. The first-order chi connectivity index (χ1) is 6.72. The Hall–Kier alpha value is -1.63. The van der Waals surface area contributed by atoms with Crippen molar-refractivity contribution in [2.24, 2.45) is 0 Å². The molecule has 0 radical (unpaired) electrons. The van der Waals surface area contributed by atoms with Crippen LogP contribution in [0.5, 0.6) is 0 Å². The summed E-state index contributed by atoms with van der Waals surface area (Å²) in [5, 5.41) is 0. The number of carbonyl (C=O) groups is 1. The fourth-order valence-corrected chi connectivity index (χ4v) is 1.87. The lowest BCUT2D eigenvalue weighted by atomic mass is 10.1. The van der Waals surface area contributed by atoms with E-state index in [4.69, 9.17) is 0 Å². The van der Waals surface area contributed by atoms with E-state index in [1.54, 1.807) is 0 Å². The molecule has 0 aromatic carbocycles. The molecule has 2 aliphatic rings. The average Bonchev–Trinajstić information content (AvgIpc) is 2.61. The predicted octanol–water partition coefficient (Wildman–Crippen LogP) is 3.22. The highest BCUT2D eigenvalue weighted by atomic mass is 16.1. The van der Waals surface area contributed by atoms with Crippen molar-refractivity contribution in [3.05, 3.63) is 47.0 Å². The van der Waals surface area contributed by atoms with Crippen molar-refractivity contribution in [1.29, 1.82) is 0 Å². The van der Waals surface area contributed by atoms with Crippen LogP contribution in [0.1, 0.15) is 21.5 Å². The molecule has 0 saturated heterocycles. The van der Waals surface area contributed by atoms with Crippen LogP contribution in [0, 0.1) is 13.8 Å². The lowest BCUT2D eigenvalue weighted by Gasteiger charge is -1.98. The topological polar surface area (TPSA) is 17.1 Å². The van der Waals surface area contributed by atoms with Crippen molar-refractivity contribution < 1.29 is 4.79 Å². The van der Waals surface area contributed by atoms with E-state index in [9.17, 15) is 4.79 Å². The standard InChI is InChI=1S/C13H12O/c1-9-6-11(8-14)7-10(2)13-5-3-4-12(9)13/h3-8H,1-2H3. The number of hydrogen-bond acceptors (Lipinski definition) is 1. The molecule has 0 saturated carbocycles. The molecule has 2 aliphatic carbocycles. The molecule has 0 aliphatic heterocycles. The van der Waals surface area contributed by atoms with Gasteiger partial charge in [-0.25, -0.2) is 0 Å². The zero-order valence-electron chi connectivity index (χ0n) is 8.37. The molecule has 0 N–H and O–H groups in total. The van der Waals surface area contributed by atoms with Crippen LogP contribution in [0.15, 0.2) is 30.3 Å². The van der Waals surface area contributed by atoms with Crippen molar-refractivity contribution in [2.75, 3.05) is 0 Å². The molecule has 14 heavy (non-hydrogen) atoms. The Kier molecular flexibility index (Phi) is 2.08. The quantitative estimate of drug-likeness (QED) is 0.622. The van der Waals surface area contributed by atoms with Gasteiger partial charge in [-0.15, -0.1) is 0 Å². The smallest absolute Gasteiger partial charge is 0.150 e. The van der Waals surface area contributed by atoms with Crippen LogP contribution >= 0.6 is 0 Å². The largest absolute Gasteiger partial charge is 0.298 e. The SMILES string of the molecule is Cc1cc(C=O)cc(C)c2cccc1-2. The number of hydrogen-bond donors (Lipinski definition) is 0. The van der Waals surface area contributed by atoms with Crippen LogP contribution < -0.4 is 0 Å². The molecule has 0 aromatic rings. The van der Waals surface area contributed by atoms with Crippen LogP contribution in [0.25, 0.3) is 11.1 Å². The molecule has 1 heteroatoms. The van der Waals surface area contributed by atoms with Gasteiger partial charge < -0.3 is 0 Å². The van der Waals surface area contributed by atoms with Crippen LogP contribution in [0.4, 0.5) is 0 Å². The summed E-state index contributed by atoms with van der Waals surface area (Å²) in [6, 6.07) is 10.1. The molecule has 0 unspecified atom stereocenters. The number of rotatable bonds is 1. The van der Waals surface area contributed by atoms with Crippen molar-refractivity contribution in [1.82, 2.24) is 0 Å². The van der Waals surface area contributed by atoms with Crippen LogP contribution in [0.2, 0.25) is 0 Å². The number of fused-ring (bicyclic) bond motifs is 1. The molecular weight excluding hydrogens is 172 g/mol. The Morgan fingerprint density at radius 2 is 1.50 bits per heavy atom. The van der Waals surface area contributed by atoms with Crippen LogP contribution in [0.3, 0.4) is 0 Å². The Bertz CT molecular complexity index is 421. The first-order valence-electron chi connectivity index (χ1n) is 4.67. The summed E-state index contributed by atoms with van der Waals surface area (Å²) in [6.07, 6.45) is 0.902. The first kappa shape index (κ1) is 8.95. The van der Waals surface area contributed by atoms with Crippen molar-refractivity contribution in [2.45, 2.75) is 13.8 Å². The van der Waals surface area contributed by atoms with Gasteiger partial charge in [0.15, 0.2) is 0 Å². The van der Waals surface area contributed by atoms with E-state index < -0.39 is 0 Å². The van der Waals surface area contributed by atoms with Gasteiger partial charge in [-0.1, -0.05) is 18.2 Å². The van der Waals surface area contributed by atoms with Crippen molar-refractivity contribution >= 4 is 6.29 Å². The third-order valence-electron chi connectivity index (χ3n) is 2.57. The molecule has 0 aromatic heterocycles. The second kappa shape index (κ2) is 3.26. The molecule has 0 spiro atoms. The highest BCUT2D eigenvalue weighted by molar-refractivity contribution is 5.80.